The summed E-state index contributed by atoms with van der Waals surface area (Å²) in [6.45, 7) is 9.84. The van der Waals surface area contributed by atoms with E-state index >= 15 is 0 Å². The second kappa shape index (κ2) is 18.8. The van der Waals surface area contributed by atoms with Gasteiger partial charge in [0.15, 0.2) is 0 Å². The zero-order chi connectivity index (χ0) is 45.4. The lowest BCUT2D eigenvalue weighted by atomic mass is 9.92. The minimum atomic E-state index is -1.11. The predicted octanol–water partition coefficient (Wildman–Crippen LogP) is 6.43. The van der Waals surface area contributed by atoms with Crippen LogP contribution in [-0.4, -0.2) is 125 Å². The summed E-state index contributed by atoms with van der Waals surface area (Å²) in [5.41, 5.74) is 6.54. The van der Waals surface area contributed by atoms with Crippen LogP contribution in [0.4, 0.5) is 9.59 Å². The first kappa shape index (κ1) is 44.8. The number of rotatable bonds is 14. The van der Waals surface area contributed by atoms with E-state index in [4.69, 9.17) is 33.7 Å². The largest absolute Gasteiger partial charge is 0.488 e. The molecule has 3 amide bonds. The summed E-state index contributed by atoms with van der Waals surface area (Å²) in [5, 5.41) is 19.3. The van der Waals surface area contributed by atoms with E-state index < -0.39 is 36.6 Å². The molecule has 64 heavy (non-hydrogen) atoms. The maximum atomic E-state index is 14.0. The van der Waals surface area contributed by atoms with E-state index in [1.165, 1.54) is 21.3 Å². The van der Waals surface area contributed by atoms with Crippen molar-refractivity contribution in [2.24, 2.45) is 17.8 Å². The Morgan fingerprint density at radius 1 is 0.938 bits per heavy atom. The number of carbonyl (C=O) groups is 3. The average molecular weight is 881 g/mol. The lowest BCUT2D eigenvalue weighted by Crippen LogP contribution is -2.57. The zero-order valence-electron chi connectivity index (χ0n) is 37.8. The van der Waals surface area contributed by atoms with Crippen molar-refractivity contribution >= 4 is 39.9 Å². The third kappa shape index (κ3) is 8.61. The van der Waals surface area contributed by atoms with Crippen LogP contribution in [0.3, 0.4) is 0 Å². The van der Waals surface area contributed by atoms with E-state index in [1.54, 1.807) is 14.0 Å². The van der Waals surface area contributed by atoms with Crippen LogP contribution in [0.2, 0.25) is 0 Å². The molecule has 0 radical (unpaired) electrons. The molecule has 3 aliphatic rings. The van der Waals surface area contributed by atoms with Gasteiger partial charge in [-0.2, -0.15) is 0 Å². The number of methoxy groups -OCH3 is 4. The Bertz CT molecular complexity index is 2510. The van der Waals surface area contributed by atoms with Gasteiger partial charge in [-0.15, -0.1) is 0 Å². The number of aliphatic hydroxyl groups is 1. The van der Waals surface area contributed by atoms with Gasteiger partial charge in [0.05, 0.1) is 68.0 Å². The number of hydrogen-bond acceptors (Lipinski definition) is 12. The summed E-state index contributed by atoms with van der Waals surface area (Å²) in [5.74, 6) is 2.33. The van der Waals surface area contributed by atoms with E-state index in [2.05, 4.69) is 63.9 Å². The lowest BCUT2D eigenvalue weighted by molar-refractivity contribution is -0.135. The second-order valence-electron chi connectivity index (χ2n) is 17.6. The van der Waals surface area contributed by atoms with Gasteiger partial charge < -0.3 is 54.3 Å². The minimum Gasteiger partial charge on any atom is -0.488 e. The first-order chi connectivity index (χ1) is 30.8. The molecular weight excluding hydrogens is 821 g/mol. The third-order valence-electron chi connectivity index (χ3n) is 13.5. The Kier molecular flexibility index (Phi) is 13.1. The van der Waals surface area contributed by atoms with Gasteiger partial charge >= 0.3 is 12.2 Å². The average Bonchev–Trinajstić information content (AvgIpc) is 4.14. The molecule has 5 N–H and O–H groups in total. The highest BCUT2D eigenvalue weighted by Gasteiger charge is 2.44. The predicted molar refractivity (Wildman–Crippen MR) is 239 cm³/mol. The van der Waals surface area contributed by atoms with Crippen molar-refractivity contribution in [3.8, 4) is 28.1 Å². The molecule has 5 aromatic rings. The molecule has 3 aliphatic heterocycles. The molecule has 17 nitrogen and oxygen atoms in total. The van der Waals surface area contributed by atoms with Gasteiger partial charge in [0, 0.05) is 38.3 Å². The number of amides is 3. The maximum absolute atomic E-state index is 14.0. The van der Waals surface area contributed by atoms with Crippen LogP contribution in [-0.2, 0) is 30.3 Å². The molecule has 0 saturated carbocycles. The van der Waals surface area contributed by atoms with Gasteiger partial charge in [-0.1, -0.05) is 45.4 Å². The van der Waals surface area contributed by atoms with Gasteiger partial charge in [-0.05, 0) is 83.9 Å². The van der Waals surface area contributed by atoms with Gasteiger partial charge in [0.2, 0.25) is 5.91 Å². The van der Waals surface area contributed by atoms with E-state index in [-0.39, 0.29) is 35.7 Å². The van der Waals surface area contributed by atoms with Crippen molar-refractivity contribution in [1.82, 2.24) is 40.4 Å². The number of H-pyrrole nitrogens is 2. The Morgan fingerprint density at radius 2 is 1.72 bits per heavy atom. The topological polar surface area (TPSA) is 205 Å². The number of nitrogens with zero attached hydrogens (tertiary/aromatic N) is 4. The molecule has 17 heteroatoms. The summed E-state index contributed by atoms with van der Waals surface area (Å²) in [4.78, 5) is 59.3. The van der Waals surface area contributed by atoms with Crippen molar-refractivity contribution in [2.45, 2.75) is 90.1 Å². The molecule has 1 unspecified atom stereocenters. The number of benzene rings is 3. The summed E-state index contributed by atoms with van der Waals surface area (Å²) in [7, 11) is 5.79. The standard InChI is InChI=1S/C47H60N8O9/c1-9-25(3)39(52-46(58)62-7)44(56)54-20-24(2)14-36(54)42-48-19-35(50-42)29-10-12-31-30(16-29)23-64-38-18-32-28(17-33(31)38)11-13-34-41(32)51-43(49-34)37-15-27(22-60-5)21-55(37)45(57)40(26(4)61-6)53-47(59)63-8/h10-13,16-19,24-27,36-37,39-40,45,57H,9,14-15,20-23H2,1-8H3,(H,48,50)(H,49,51)(H,52,58)(H,53,59)/t24-,25-,26+,27-,36-,37-,39-,40-,45?/m0/s1. The summed E-state index contributed by atoms with van der Waals surface area (Å²) in [6, 6.07) is 12.6. The molecule has 2 aromatic heterocycles. The summed E-state index contributed by atoms with van der Waals surface area (Å²) in [6.07, 6.45) is 1.06. The molecule has 8 rings (SSSR count). The fourth-order valence-corrected chi connectivity index (χ4v) is 9.74. The molecule has 3 aromatic carbocycles. The zero-order valence-corrected chi connectivity index (χ0v) is 37.8. The maximum Gasteiger partial charge on any atom is 0.407 e. The molecule has 2 saturated heterocycles. The monoisotopic (exact) mass is 880 g/mol. The van der Waals surface area contributed by atoms with Crippen LogP contribution >= 0.6 is 0 Å². The van der Waals surface area contributed by atoms with E-state index in [9.17, 15) is 19.5 Å². The number of hydrogen-bond donors (Lipinski definition) is 5. The van der Waals surface area contributed by atoms with Crippen molar-refractivity contribution in [2.75, 3.05) is 48.1 Å². The van der Waals surface area contributed by atoms with E-state index in [0.717, 1.165) is 68.3 Å². The summed E-state index contributed by atoms with van der Waals surface area (Å²) >= 11 is 0. The van der Waals surface area contributed by atoms with Crippen molar-refractivity contribution < 1.29 is 43.2 Å². The van der Waals surface area contributed by atoms with Crippen LogP contribution < -0.4 is 15.4 Å². The first-order valence-electron chi connectivity index (χ1n) is 22.1. The van der Waals surface area contributed by atoms with Gasteiger partial charge in [0.1, 0.15) is 36.3 Å². The number of alkyl carbamates (subject to hydrolysis) is 2. The highest BCUT2D eigenvalue weighted by Crippen LogP contribution is 2.44. The smallest absolute Gasteiger partial charge is 0.407 e. The quantitative estimate of drug-likeness (QED) is 0.0819. The van der Waals surface area contributed by atoms with Crippen molar-refractivity contribution in [3.63, 3.8) is 0 Å². The normalized spacial score (nSPS) is 22.0. The first-order valence-corrected chi connectivity index (χ1v) is 22.1. The van der Waals surface area contributed by atoms with Gasteiger partial charge in [-0.25, -0.2) is 19.6 Å². The third-order valence-corrected chi connectivity index (χ3v) is 13.5. The Hall–Kier alpha value is -5.75. The highest BCUT2D eigenvalue weighted by atomic mass is 16.5. The molecule has 9 atom stereocenters. The Balaban J connectivity index is 1.05. The molecule has 0 spiro atoms. The van der Waals surface area contributed by atoms with E-state index in [1.807, 2.05) is 35.9 Å². The number of imidazole rings is 2. The van der Waals surface area contributed by atoms with Crippen LogP contribution in [0, 0.1) is 17.8 Å². The Labute approximate surface area is 372 Å². The number of likely N-dealkylation sites (tertiary alicyclic amines) is 2. The Morgan fingerprint density at radius 3 is 2.45 bits per heavy atom. The van der Waals surface area contributed by atoms with Crippen LogP contribution in [0.1, 0.15) is 76.3 Å². The molecule has 0 bridgehead atoms. The van der Waals surface area contributed by atoms with E-state index in [0.29, 0.717) is 44.4 Å². The summed E-state index contributed by atoms with van der Waals surface area (Å²) < 4.78 is 27.3. The van der Waals surface area contributed by atoms with Crippen LogP contribution in [0.25, 0.3) is 44.2 Å². The number of aromatic amines is 2. The highest BCUT2D eigenvalue weighted by molar-refractivity contribution is 6.07. The van der Waals surface area contributed by atoms with Crippen LogP contribution in [0.15, 0.2) is 48.7 Å². The van der Waals surface area contributed by atoms with Crippen molar-refractivity contribution in [1.29, 1.82) is 0 Å². The number of nitrogens with one attached hydrogen (secondary N) is 4. The number of aliphatic hydroxyl groups excluding tert-OH is 1. The SMILES string of the molecule is CC[C@H](C)[C@H](NC(=O)OC)C(=O)N1C[C@@H](C)C[C@H]1c1ncc(-c2ccc3c(c2)COc2cc4c(ccc5nc([C@@H]6C[C@H](COC)CN6C(O)[C@@H](NC(=O)OC)[C@@H](C)OC)[nH]c54)cc2-3)[nH]1. The number of fused-ring (bicyclic) bond motifs is 6. The molecule has 2 fully saturated rings. The second-order valence-corrected chi connectivity index (χ2v) is 17.6. The molecular formula is C47H60N8O9. The van der Waals surface area contributed by atoms with Gasteiger partial charge in [-0.3, -0.25) is 9.69 Å². The number of aromatic nitrogens is 4. The fraction of sp³-hybridized carbons (Fsp3) is 0.511. The molecule has 0 aliphatic carbocycles. The number of carbonyl (C=O) groups excluding carboxylic acids is 3. The van der Waals surface area contributed by atoms with Crippen molar-refractivity contribution in [3.05, 3.63) is 65.9 Å². The number of ether oxygens (including phenoxy) is 5. The van der Waals surface area contributed by atoms with Crippen LogP contribution in [0.5, 0.6) is 5.75 Å². The molecule has 342 valence electrons. The van der Waals surface area contributed by atoms with Gasteiger partial charge in [0.25, 0.3) is 0 Å². The fourth-order valence-electron chi connectivity index (χ4n) is 9.74. The minimum absolute atomic E-state index is 0.0797. The lowest BCUT2D eigenvalue weighted by Gasteiger charge is -2.36. The molecule has 5 heterocycles.